The maximum Gasteiger partial charge on any atom is 0.250 e. The Balaban J connectivity index is 2.47. The van der Waals surface area contributed by atoms with Gasteiger partial charge in [0.15, 0.2) is 0 Å². The van der Waals surface area contributed by atoms with Crippen LogP contribution in [0.1, 0.15) is 27.2 Å². The average molecular weight is 293 g/mol. The first-order valence-electron chi connectivity index (χ1n) is 6.89. The molecule has 0 aromatic carbocycles. The van der Waals surface area contributed by atoms with E-state index in [0.29, 0.717) is 6.54 Å². The third-order valence-electron chi connectivity index (χ3n) is 2.79. The fraction of sp³-hybridized carbons (Fsp3) is 0.533. The summed E-state index contributed by atoms with van der Waals surface area (Å²) < 4.78 is 1.47. The minimum Gasteiger partial charge on any atom is -0.350 e. The standard InChI is InChI=1S/C15H23N3O3/c1-15(2,3)16-12(19)11-17(4)13(20)8-10-18-9-6-5-7-14(18)21/h5-7,9H,8,10-11H2,1-4H3,(H,16,19). The highest BCUT2D eigenvalue weighted by atomic mass is 16.2. The van der Waals surface area contributed by atoms with Gasteiger partial charge in [-0.2, -0.15) is 0 Å². The van der Waals surface area contributed by atoms with Crippen molar-refractivity contribution in [3.05, 3.63) is 34.7 Å². The van der Waals surface area contributed by atoms with Crippen molar-refractivity contribution in [2.75, 3.05) is 13.6 Å². The van der Waals surface area contributed by atoms with Gasteiger partial charge in [-0.15, -0.1) is 0 Å². The highest BCUT2D eigenvalue weighted by Gasteiger charge is 2.17. The molecule has 0 atom stereocenters. The van der Waals surface area contributed by atoms with Crippen molar-refractivity contribution in [2.24, 2.45) is 0 Å². The molecule has 1 N–H and O–H groups in total. The molecule has 116 valence electrons. The van der Waals surface area contributed by atoms with Gasteiger partial charge in [0.2, 0.25) is 11.8 Å². The number of nitrogens with one attached hydrogen (secondary N) is 1. The molecule has 6 nitrogen and oxygen atoms in total. The third kappa shape index (κ3) is 6.25. The van der Waals surface area contributed by atoms with E-state index >= 15 is 0 Å². The summed E-state index contributed by atoms with van der Waals surface area (Å²) in [5.74, 6) is -0.370. The number of nitrogens with zero attached hydrogens (tertiary/aromatic N) is 2. The van der Waals surface area contributed by atoms with E-state index in [-0.39, 0.29) is 35.9 Å². The highest BCUT2D eigenvalue weighted by molar-refractivity contribution is 5.84. The number of hydrogen-bond acceptors (Lipinski definition) is 3. The molecule has 0 spiro atoms. The molecule has 1 rings (SSSR count). The van der Waals surface area contributed by atoms with Crippen molar-refractivity contribution in [1.29, 1.82) is 0 Å². The summed E-state index contributed by atoms with van der Waals surface area (Å²) in [4.78, 5) is 36.6. The molecular formula is C15H23N3O3. The van der Waals surface area contributed by atoms with Gasteiger partial charge >= 0.3 is 0 Å². The Morgan fingerprint density at radius 1 is 1.29 bits per heavy atom. The number of pyridine rings is 1. The zero-order valence-corrected chi connectivity index (χ0v) is 13.0. The Kier molecular flexibility index (Phi) is 5.69. The van der Waals surface area contributed by atoms with Crippen LogP contribution >= 0.6 is 0 Å². The molecule has 6 heteroatoms. The molecule has 2 amide bonds. The lowest BCUT2D eigenvalue weighted by atomic mass is 10.1. The Bertz CT molecular complexity index is 558. The molecule has 1 heterocycles. The molecule has 0 aliphatic heterocycles. The van der Waals surface area contributed by atoms with E-state index in [1.807, 2.05) is 20.8 Å². The second-order valence-electron chi connectivity index (χ2n) is 6.03. The quantitative estimate of drug-likeness (QED) is 0.864. The van der Waals surface area contributed by atoms with Gasteiger partial charge in [0, 0.05) is 37.8 Å². The molecule has 0 saturated carbocycles. The molecule has 1 aromatic heterocycles. The molecule has 0 unspecified atom stereocenters. The van der Waals surface area contributed by atoms with Gasteiger partial charge in [0.1, 0.15) is 0 Å². The van der Waals surface area contributed by atoms with Crippen LogP contribution in [0.25, 0.3) is 0 Å². The number of likely N-dealkylation sites (N-methyl/N-ethyl adjacent to an activating group) is 1. The maximum absolute atomic E-state index is 12.0. The minimum atomic E-state index is -0.321. The van der Waals surface area contributed by atoms with E-state index in [1.54, 1.807) is 25.4 Å². The summed E-state index contributed by atoms with van der Waals surface area (Å²) in [5, 5.41) is 2.80. The Hall–Kier alpha value is -2.11. The Morgan fingerprint density at radius 3 is 2.52 bits per heavy atom. The first kappa shape index (κ1) is 16.9. The van der Waals surface area contributed by atoms with Crippen molar-refractivity contribution in [3.63, 3.8) is 0 Å². The number of aromatic nitrogens is 1. The first-order chi connectivity index (χ1) is 9.69. The van der Waals surface area contributed by atoms with Gasteiger partial charge in [0.25, 0.3) is 5.56 Å². The summed E-state index contributed by atoms with van der Waals surface area (Å²) >= 11 is 0. The zero-order valence-electron chi connectivity index (χ0n) is 13.0. The third-order valence-corrected chi connectivity index (χ3v) is 2.79. The summed E-state index contributed by atoms with van der Waals surface area (Å²) in [6.45, 7) is 5.97. The molecular weight excluding hydrogens is 270 g/mol. The number of carbonyl (C=O) groups is 2. The Morgan fingerprint density at radius 2 is 1.95 bits per heavy atom. The van der Waals surface area contributed by atoms with Crippen LogP contribution in [-0.4, -0.2) is 40.4 Å². The molecule has 0 aliphatic carbocycles. The van der Waals surface area contributed by atoms with E-state index < -0.39 is 0 Å². The number of carbonyl (C=O) groups excluding carboxylic acids is 2. The van der Waals surface area contributed by atoms with Crippen LogP contribution in [0.2, 0.25) is 0 Å². The largest absolute Gasteiger partial charge is 0.350 e. The van der Waals surface area contributed by atoms with Crippen LogP contribution in [-0.2, 0) is 16.1 Å². The molecule has 21 heavy (non-hydrogen) atoms. The van der Waals surface area contributed by atoms with Gasteiger partial charge in [-0.3, -0.25) is 14.4 Å². The lowest BCUT2D eigenvalue weighted by Gasteiger charge is -2.23. The molecule has 0 fully saturated rings. The second kappa shape index (κ2) is 7.06. The molecule has 1 aromatic rings. The number of aryl methyl sites for hydroxylation is 1. The predicted molar refractivity (Wildman–Crippen MR) is 80.9 cm³/mol. The van der Waals surface area contributed by atoms with E-state index in [2.05, 4.69) is 5.32 Å². The van der Waals surface area contributed by atoms with Gasteiger partial charge in [-0.1, -0.05) is 6.07 Å². The predicted octanol–water partition coefficient (Wildman–Crippen LogP) is 0.611. The van der Waals surface area contributed by atoms with Gasteiger partial charge in [-0.05, 0) is 26.8 Å². The summed E-state index contributed by atoms with van der Waals surface area (Å²) in [6.07, 6.45) is 1.82. The zero-order chi connectivity index (χ0) is 16.0. The summed E-state index contributed by atoms with van der Waals surface area (Å²) in [7, 11) is 1.58. The Labute approximate surface area is 124 Å². The van der Waals surface area contributed by atoms with Crippen LogP contribution in [0.15, 0.2) is 29.2 Å². The first-order valence-corrected chi connectivity index (χ1v) is 6.89. The van der Waals surface area contributed by atoms with Crippen molar-refractivity contribution >= 4 is 11.8 Å². The van der Waals surface area contributed by atoms with Crippen LogP contribution in [0.5, 0.6) is 0 Å². The van der Waals surface area contributed by atoms with Crippen molar-refractivity contribution in [3.8, 4) is 0 Å². The minimum absolute atomic E-state index is 0.0137. The van der Waals surface area contributed by atoms with Crippen LogP contribution in [0.4, 0.5) is 0 Å². The van der Waals surface area contributed by atoms with E-state index in [9.17, 15) is 14.4 Å². The molecule has 0 radical (unpaired) electrons. The number of amides is 2. The van der Waals surface area contributed by atoms with E-state index in [1.165, 1.54) is 15.5 Å². The summed E-state index contributed by atoms with van der Waals surface area (Å²) in [5.41, 5.74) is -0.461. The lowest BCUT2D eigenvalue weighted by Crippen LogP contribution is -2.46. The lowest BCUT2D eigenvalue weighted by molar-refractivity contribution is -0.135. The van der Waals surface area contributed by atoms with E-state index in [0.717, 1.165) is 0 Å². The maximum atomic E-state index is 12.0. The number of rotatable bonds is 5. The van der Waals surface area contributed by atoms with Crippen molar-refractivity contribution < 1.29 is 9.59 Å². The van der Waals surface area contributed by atoms with Crippen LogP contribution in [0.3, 0.4) is 0 Å². The monoisotopic (exact) mass is 293 g/mol. The smallest absolute Gasteiger partial charge is 0.250 e. The van der Waals surface area contributed by atoms with Gasteiger partial charge in [-0.25, -0.2) is 0 Å². The van der Waals surface area contributed by atoms with Crippen molar-refractivity contribution in [1.82, 2.24) is 14.8 Å². The normalized spacial score (nSPS) is 11.0. The van der Waals surface area contributed by atoms with Gasteiger partial charge < -0.3 is 14.8 Å². The van der Waals surface area contributed by atoms with Crippen LogP contribution in [0, 0.1) is 0 Å². The van der Waals surface area contributed by atoms with Crippen LogP contribution < -0.4 is 10.9 Å². The van der Waals surface area contributed by atoms with Gasteiger partial charge in [0.05, 0.1) is 6.54 Å². The fourth-order valence-electron chi connectivity index (χ4n) is 1.81. The molecule has 0 saturated heterocycles. The summed E-state index contributed by atoms with van der Waals surface area (Å²) in [6, 6.07) is 4.85. The van der Waals surface area contributed by atoms with E-state index in [4.69, 9.17) is 0 Å². The molecule has 0 bridgehead atoms. The number of hydrogen-bond donors (Lipinski definition) is 1. The molecule has 0 aliphatic rings. The van der Waals surface area contributed by atoms with Crippen molar-refractivity contribution in [2.45, 2.75) is 39.3 Å². The average Bonchev–Trinajstić information content (AvgIpc) is 2.34. The fourth-order valence-corrected chi connectivity index (χ4v) is 1.81. The topological polar surface area (TPSA) is 71.4 Å². The SMILES string of the molecule is CN(CC(=O)NC(C)(C)C)C(=O)CCn1ccccc1=O. The highest BCUT2D eigenvalue weighted by Crippen LogP contribution is 1.99. The second-order valence-corrected chi connectivity index (χ2v) is 6.03.